The summed E-state index contributed by atoms with van der Waals surface area (Å²) in [5, 5.41) is 11.8. The van der Waals surface area contributed by atoms with E-state index in [0.29, 0.717) is 0 Å². The molecule has 2 unspecified atom stereocenters. The Hall–Kier alpha value is -1.43. The maximum absolute atomic E-state index is 10.1. The fourth-order valence-electron chi connectivity index (χ4n) is 1.58. The second-order valence-corrected chi connectivity index (χ2v) is 3.73. The third-order valence-electron chi connectivity index (χ3n) is 2.57. The van der Waals surface area contributed by atoms with Gasteiger partial charge in [0, 0.05) is 0 Å². The van der Waals surface area contributed by atoms with Gasteiger partial charge in [0.05, 0.1) is 12.2 Å². The first kappa shape index (κ1) is 13.6. The van der Waals surface area contributed by atoms with Crippen LogP contribution in [0.15, 0.2) is 42.4 Å². The van der Waals surface area contributed by atoms with E-state index >= 15 is 0 Å². The minimum atomic E-state index is -0.612. The van der Waals surface area contributed by atoms with E-state index in [1.807, 2.05) is 37.3 Å². The van der Waals surface area contributed by atoms with Gasteiger partial charge in [-0.1, -0.05) is 35.9 Å². The molecule has 1 aromatic rings. The van der Waals surface area contributed by atoms with Crippen molar-refractivity contribution in [3.8, 4) is 0 Å². The van der Waals surface area contributed by atoms with Crippen LogP contribution in [0.3, 0.4) is 0 Å². The second-order valence-electron chi connectivity index (χ2n) is 3.73. The second kappa shape index (κ2) is 5.77. The number of rotatable bonds is 3. The Morgan fingerprint density at radius 3 is 2.53 bits per heavy atom. The van der Waals surface area contributed by atoms with E-state index in [4.69, 9.17) is 10.6 Å². The minimum absolute atomic E-state index is 0. The maximum Gasteiger partial charge on any atom is 0.229 e. The lowest BCUT2D eigenvalue weighted by Crippen LogP contribution is -2.39. The molecule has 2 atom stereocenters. The molecule has 17 heavy (non-hydrogen) atoms. The number of nitrogens with one attached hydrogen (secondary N) is 1. The van der Waals surface area contributed by atoms with Crippen molar-refractivity contribution in [3.63, 3.8) is 0 Å². The first-order valence-corrected chi connectivity index (χ1v) is 5.09. The van der Waals surface area contributed by atoms with Gasteiger partial charge >= 0.3 is 0 Å². The lowest BCUT2D eigenvalue weighted by Gasteiger charge is -2.26. The van der Waals surface area contributed by atoms with Crippen LogP contribution in [0.5, 0.6) is 0 Å². The predicted molar refractivity (Wildman–Crippen MR) is 66.4 cm³/mol. The Morgan fingerprint density at radius 1 is 1.35 bits per heavy atom. The minimum Gasteiger partial charge on any atom is -0.386 e. The van der Waals surface area contributed by atoms with E-state index in [0.717, 1.165) is 5.56 Å². The molecular formula is C11H16ClN3O2. The summed E-state index contributed by atoms with van der Waals surface area (Å²) in [5.41, 5.74) is 8.92. The highest BCUT2D eigenvalue weighted by Gasteiger charge is 2.24. The molecule has 1 aromatic carbocycles. The highest BCUT2D eigenvalue weighted by atomic mass is 35.5. The third kappa shape index (κ3) is 3.03. The van der Waals surface area contributed by atoms with Gasteiger partial charge in [-0.15, -0.1) is 12.4 Å². The normalized spacial score (nSPS) is 17.8. The molecule has 0 saturated heterocycles. The molecule has 0 radical (unpaired) electrons. The van der Waals surface area contributed by atoms with Crippen molar-refractivity contribution in [2.75, 3.05) is 0 Å². The quantitative estimate of drug-likeness (QED) is 0.755. The van der Waals surface area contributed by atoms with Gasteiger partial charge in [0.2, 0.25) is 5.88 Å². The zero-order valence-corrected chi connectivity index (χ0v) is 10.2. The van der Waals surface area contributed by atoms with E-state index in [1.165, 1.54) is 0 Å². The van der Waals surface area contributed by atoms with Crippen molar-refractivity contribution in [1.82, 2.24) is 10.6 Å². The molecule has 94 valence electrons. The Bertz CT molecular complexity index is 386. The zero-order chi connectivity index (χ0) is 11.5. The van der Waals surface area contributed by atoms with Gasteiger partial charge < -0.3 is 15.7 Å². The summed E-state index contributed by atoms with van der Waals surface area (Å²) in [4.78, 5) is 4.88. The summed E-state index contributed by atoms with van der Waals surface area (Å²) in [6, 6.07) is 9.28. The van der Waals surface area contributed by atoms with E-state index in [2.05, 4.69) is 5.59 Å². The highest BCUT2D eigenvalue weighted by molar-refractivity contribution is 5.85. The summed E-state index contributed by atoms with van der Waals surface area (Å²) in [6.07, 6.45) is 0.996. The summed E-state index contributed by atoms with van der Waals surface area (Å²) < 4.78 is 0. The molecular weight excluding hydrogens is 242 g/mol. The summed E-state index contributed by atoms with van der Waals surface area (Å²) in [5.74, 6) is 0.284. The predicted octanol–water partition coefficient (Wildman–Crippen LogP) is 1.04. The molecule has 5 nitrogen and oxygen atoms in total. The Kier molecular flexibility index (Phi) is 4.62. The Morgan fingerprint density at radius 2 is 2.00 bits per heavy atom. The van der Waals surface area contributed by atoms with Gasteiger partial charge in [-0.05, 0) is 12.5 Å². The molecule has 1 heterocycles. The van der Waals surface area contributed by atoms with Gasteiger partial charge in [-0.25, -0.2) is 0 Å². The highest BCUT2D eigenvalue weighted by Crippen LogP contribution is 2.21. The Labute approximate surface area is 106 Å². The van der Waals surface area contributed by atoms with E-state index < -0.39 is 6.10 Å². The van der Waals surface area contributed by atoms with E-state index in [-0.39, 0.29) is 24.3 Å². The lowest BCUT2D eigenvalue weighted by molar-refractivity contribution is -0.0334. The van der Waals surface area contributed by atoms with Gasteiger partial charge in [-0.3, -0.25) is 5.01 Å². The number of halogens is 1. The monoisotopic (exact) mass is 257 g/mol. The van der Waals surface area contributed by atoms with Crippen LogP contribution in [0.4, 0.5) is 0 Å². The molecule has 0 amide bonds. The average Bonchev–Trinajstić information content (AvgIpc) is 2.75. The van der Waals surface area contributed by atoms with Crippen LogP contribution >= 0.6 is 12.4 Å². The van der Waals surface area contributed by atoms with Gasteiger partial charge in [-0.2, -0.15) is 0 Å². The van der Waals surface area contributed by atoms with Crippen molar-refractivity contribution >= 4 is 12.4 Å². The van der Waals surface area contributed by atoms with Crippen molar-refractivity contribution in [2.24, 2.45) is 5.73 Å². The standard InChI is InChI=1S/C11H15N3O2.ClH/c1-8(14-7-10(12)16-13-14)11(15)9-5-3-2-4-6-9;/h2-8,11,13,15H,12H2,1H3;1H. The van der Waals surface area contributed by atoms with Crippen molar-refractivity contribution in [1.29, 1.82) is 0 Å². The fourth-order valence-corrected chi connectivity index (χ4v) is 1.58. The number of nitrogens with two attached hydrogens (primary N) is 1. The molecule has 1 aliphatic heterocycles. The van der Waals surface area contributed by atoms with Crippen LogP contribution in [0.2, 0.25) is 0 Å². The maximum atomic E-state index is 10.1. The summed E-state index contributed by atoms with van der Waals surface area (Å²) in [6.45, 7) is 1.88. The summed E-state index contributed by atoms with van der Waals surface area (Å²) in [7, 11) is 0. The molecule has 1 aliphatic rings. The van der Waals surface area contributed by atoms with Crippen LogP contribution < -0.4 is 11.3 Å². The van der Waals surface area contributed by atoms with Crippen LogP contribution in [0.25, 0.3) is 0 Å². The Balaban J connectivity index is 0.00000144. The van der Waals surface area contributed by atoms with Crippen LogP contribution in [0, 0.1) is 0 Å². The lowest BCUT2D eigenvalue weighted by atomic mass is 10.0. The SMILES string of the molecule is CC(C(O)c1ccccc1)N1C=C(N)ON1.Cl. The van der Waals surface area contributed by atoms with E-state index in [1.54, 1.807) is 11.2 Å². The first-order chi connectivity index (χ1) is 7.68. The third-order valence-corrected chi connectivity index (χ3v) is 2.57. The fraction of sp³-hybridized carbons (Fsp3) is 0.273. The molecule has 0 aliphatic carbocycles. The van der Waals surface area contributed by atoms with Gasteiger partial charge in [0.25, 0.3) is 0 Å². The number of benzene rings is 1. The van der Waals surface area contributed by atoms with Crippen molar-refractivity contribution in [3.05, 3.63) is 48.0 Å². The molecule has 2 rings (SSSR count). The molecule has 0 bridgehead atoms. The molecule has 0 aromatic heterocycles. The number of nitrogens with zero attached hydrogens (tertiary/aromatic N) is 1. The van der Waals surface area contributed by atoms with Gasteiger partial charge in [0.15, 0.2) is 0 Å². The van der Waals surface area contributed by atoms with Crippen LogP contribution in [-0.2, 0) is 4.84 Å². The number of hydrogen-bond acceptors (Lipinski definition) is 5. The smallest absolute Gasteiger partial charge is 0.229 e. The molecule has 6 heteroatoms. The largest absolute Gasteiger partial charge is 0.386 e. The molecule has 0 fully saturated rings. The van der Waals surface area contributed by atoms with E-state index in [9.17, 15) is 5.11 Å². The number of aliphatic hydroxyl groups excluding tert-OH is 1. The number of aliphatic hydroxyl groups is 1. The molecule has 0 saturated carbocycles. The van der Waals surface area contributed by atoms with Crippen molar-refractivity contribution < 1.29 is 9.94 Å². The van der Waals surface area contributed by atoms with Crippen LogP contribution in [-0.4, -0.2) is 16.2 Å². The molecule has 4 N–H and O–H groups in total. The van der Waals surface area contributed by atoms with Gasteiger partial charge in [0.1, 0.15) is 6.10 Å². The molecule has 0 spiro atoms. The van der Waals surface area contributed by atoms with Crippen molar-refractivity contribution in [2.45, 2.75) is 19.1 Å². The topological polar surface area (TPSA) is 70.8 Å². The first-order valence-electron chi connectivity index (χ1n) is 5.09. The number of hydrazine groups is 1. The van der Waals surface area contributed by atoms with Crippen LogP contribution in [0.1, 0.15) is 18.6 Å². The average molecular weight is 258 g/mol. The summed E-state index contributed by atoms with van der Waals surface area (Å²) >= 11 is 0. The number of hydrogen-bond donors (Lipinski definition) is 3. The zero-order valence-electron chi connectivity index (χ0n) is 9.41.